The van der Waals surface area contributed by atoms with Crippen molar-refractivity contribution in [1.82, 2.24) is 5.32 Å². The Kier molecular flexibility index (Phi) is 4.17. The summed E-state index contributed by atoms with van der Waals surface area (Å²) in [6.07, 6.45) is 1.83. The molecule has 13 heavy (non-hydrogen) atoms. The van der Waals surface area contributed by atoms with Gasteiger partial charge in [-0.15, -0.1) is 0 Å². The van der Waals surface area contributed by atoms with Crippen LogP contribution in [0.2, 0.25) is 0 Å². The third-order valence-corrected chi connectivity index (χ3v) is 1.17. The van der Waals surface area contributed by atoms with Crippen LogP contribution in [0.25, 0.3) is 0 Å². The number of carbonyl (C=O) groups is 2. The van der Waals surface area contributed by atoms with Crippen LogP contribution >= 0.6 is 0 Å². The van der Waals surface area contributed by atoms with E-state index in [0.29, 0.717) is 6.54 Å². The van der Waals surface area contributed by atoms with Crippen molar-refractivity contribution in [3.05, 3.63) is 12.2 Å². The molecular weight excluding hydrogens is 170 g/mol. The zero-order valence-corrected chi connectivity index (χ0v) is 8.13. The lowest BCUT2D eigenvalue weighted by Gasteiger charge is -2.17. The molecule has 0 unspecified atom stereocenters. The van der Waals surface area contributed by atoms with Crippen LogP contribution in [0, 0.1) is 5.41 Å². The predicted octanol–water partition coefficient (Wildman–Crippen LogP) is 0.790. The van der Waals surface area contributed by atoms with Crippen LogP contribution in [0.5, 0.6) is 0 Å². The van der Waals surface area contributed by atoms with E-state index in [0.717, 1.165) is 12.2 Å². The molecule has 0 saturated heterocycles. The monoisotopic (exact) mass is 185 g/mol. The normalized spacial score (nSPS) is 11.6. The lowest BCUT2D eigenvalue weighted by Crippen LogP contribution is -2.31. The van der Waals surface area contributed by atoms with Crippen molar-refractivity contribution in [3.8, 4) is 0 Å². The Morgan fingerprint density at radius 3 is 2.23 bits per heavy atom. The Morgan fingerprint density at radius 1 is 1.31 bits per heavy atom. The van der Waals surface area contributed by atoms with Crippen molar-refractivity contribution in [3.63, 3.8) is 0 Å². The molecule has 0 aliphatic rings. The number of carboxylic acids is 1. The molecule has 0 aliphatic carbocycles. The molecule has 0 rings (SSSR count). The molecule has 2 N–H and O–H groups in total. The molecule has 0 heterocycles. The summed E-state index contributed by atoms with van der Waals surface area (Å²) in [6, 6.07) is 0. The standard InChI is InChI=1S/C9H15NO3/c1-9(2,3)6-10-7(11)4-5-8(12)13/h4-5H,6H2,1-3H3,(H,10,11)(H,12,13). The molecule has 4 heteroatoms. The van der Waals surface area contributed by atoms with Gasteiger partial charge in [0.15, 0.2) is 0 Å². The average molecular weight is 185 g/mol. The number of nitrogens with one attached hydrogen (secondary N) is 1. The highest BCUT2D eigenvalue weighted by molar-refractivity contribution is 5.93. The second kappa shape index (κ2) is 4.64. The van der Waals surface area contributed by atoms with Crippen LogP contribution in [0.3, 0.4) is 0 Å². The van der Waals surface area contributed by atoms with E-state index < -0.39 is 5.97 Å². The average Bonchev–Trinajstić information content (AvgIpc) is 1.95. The van der Waals surface area contributed by atoms with Crippen LogP contribution in [0.1, 0.15) is 20.8 Å². The Hall–Kier alpha value is -1.32. The number of rotatable bonds is 3. The molecule has 0 fully saturated rings. The van der Waals surface area contributed by atoms with Gasteiger partial charge in [0.05, 0.1) is 0 Å². The summed E-state index contributed by atoms with van der Waals surface area (Å²) < 4.78 is 0. The molecule has 0 atom stereocenters. The Labute approximate surface area is 77.6 Å². The summed E-state index contributed by atoms with van der Waals surface area (Å²) in [6.45, 7) is 6.46. The smallest absolute Gasteiger partial charge is 0.328 e. The summed E-state index contributed by atoms with van der Waals surface area (Å²) in [5.74, 6) is -1.50. The number of carboxylic acid groups (broad SMARTS) is 1. The maximum atomic E-state index is 10.9. The first-order valence-corrected chi connectivity index (χ1v) is 4.00. The minimum atomic E-state index is -1.12. The van der Waals surface area contributed by atoms with Crippen LogP contribution in [-0.2, 0) is 9.59 Å². The number of aliphatic carboxylic acids is 1. The molecule has 0 bridgehead atoms. The van der Waals surface area contributed by atoms with Gasteiger partial charge < -0.3 is 10.4 Å². The fraction of sp³-hybridized carbons (Fsp3) is 0.556. The quantitative estimate of drug-likeness (QED) is 0.639. The fourth-order valence-corrected chi connectivity index (χ4v) is 0.558. The second-order valence-electron chi connectivity index (χ2n) is 3.95. The van der Waals surface area contributed by atoms with E-state index in [2.05, 4.69) is 5.32 Å². The highest BCUT2D eigenvalue weighted by Crippen LogP contribution is 2.09. The maximum Gasteiger partial charge on any atom is 0.328 e. The number of hydrogen-bond acceptors (Lipinski definition) is 2. The molecule has 0 aromatic carbocycles. The number of carbonyl (C=O) groups excluding carboxylic acids is 1. The van der Waals surface area contributed by atoms with Crippen molar-refractivity contribution < 1.29 is 14.7 Å². The van der Waals surface area contributed by atoms with Gasteiger partial charge >= 0.3 is 5.97 Å². The summed E-state index contributed by atoms with van der Waals surface area (Å²) in [5, 5.41) is 10.8. The van der Waals surface area contributed by atoms with E-state index in [1.807, 2.05) is 20.8 Å². The zero-order chi connectivity index (χ0) is 10.5. The van der Waals surface area contributed by atoms with Gasteiger partial charge in [-0.2, -0.15) is 0 Å². The summed E-state index contributed by atoms with van der Waals surface area (Å²) in [5.41, 5.74) is 0.00667. The van der Waals surface area contributed by atoms with Gasteiger partial charge in [-0.1, -0.05) is 20.8 Å². The van der Waals surface area contributed by atoms with Gasteiger partial charge in [-0.3, -0.25) is 4.79 Å². The summed E-state index contributed by atoms with van der Waals surface area (Å²) >= 11 is 0. The molecule has 0 aromatic heterocycles. The van der Waals surface area contributed by atoms with Crippen molar-refractivity contribution in [2.45, 2.75) is 20.8 Å². The molecule has 0 saturated carbocycles. The molecule has 1 amide bonds. The Morgan fingerprint density at radius 2 is 1.85 bits per heavy atom. The topological polar surface area (TPSA) is 66.4 Å². The van der Waals surface area contributed by atoms with E-state index >= 15 is 0 Å². The molecule has 0 aliphatic heterocycles. The largest absolute Gasteiger partial charge is 0.478 e. The van der Waals surface area contributed by atoms with Gasteiger partial charge in [-0.05, 0) is 5.41 Å². The molecule has 0 spiro atoms. The van der Waals surface area contributed by atoms with Crippen molar-refractivity contribution in [2.24, 2.45) is 5.41 Å². The minimum absolute atomic E-state index is 0.00667. The van der Waals surface area contributed by atoms with Gasteiger partial charge in [0.1, 0.15) is 0 Å². The van der Waals surface area contributed by atoms with Gasteiger partial charge in [-0.25, -0.2) is 4.79 Å². The third-order valence-electron chi connectivity index (χ3n) is 1.17. The van der Waals surface area contributed by atoms with E-state index in [4.69, 9.17) is 5.11 Å². The first-order chi connectivity index (χ1) is 5.81. The molecule has 4 nitrogen and oxygen atoms in total. The lowest BCUT2D eigenvalue weighted by molar-refractivity contribution is -0.131. The minimum Gasteiger partial charge on any atom is -0.478 e. The van der Waals surface area contributed by atoms with Gasteiger partial charge in [0, 0.05) is 18.7 Å². The SMILES string of the molecule is CC(C)(C)CNC(=O)C=CC(=O)O. The van der Waals surface area contributed by atoms with Gasteiger partial charge in [0.2, 0.25) is 5.91 Å². The van der Waals surface area contributed by atoms with Gasteiger partial charge in [0.25, 0.3) is 0 Å². The van der Waals surface area contributed by atoms with Crippen molar-refractivity contribution >= 4 is 11.9 Å². The highest BCUT2D eigenvalue weighted by Gasteiger charge is 2.10. The second-order valence-corrected chi connectivity index (χ2v) is 3.95. The first kappa shape index (κ1) is 11.7. The summed E-state index contributed by atoms with van der Waals surface area (Å²) in [7, 11) is 0. The van der Waals surface area contributed by atoms with Crippen LogP contribution < -0.4 is 5.32 Å². The van der Waals surface area contributed by atoms with Crippen LogP contribution in [0.15, 0.2) is 12.2 Å². The fourth-order valence-electron chi connectivity index (χ4n) is 0.558. The maximum absolute atomic E-state index is 10.9. The molecular formula is C9H15NO3. The Bertz CT molecular complexity index is 226. The Balaban J connectivity index is 3.83. The van der Waals surface area contributed by atoms with E-state index in [-0.39, 0.29) is 11.3 Å². The van der Waals surface area contributed by atoms with E-state index in [1.165, 1.54) is 0 Å². The number of hydrogen-bond donors (Lipinski definition) is 2. The molecule has 0 aromatic rings. The van der Waals surface area contributed by atoms with Crippen molar-refractivity contribution in [2.75, 3.05) is 6.54 Å². The van der Waals surface area contributed by atoms with E-state index in [1.54, 1.807) is 0 Å². The zero-order valence-electron chi connectivity index (χ0n) is 8.13. The first-order valence-electron chi connectivity index (χ1n) is 4.00. The van der Waals surface area contributed by atoms with E-state index in [9.17, 15) is 9.59 Å². The predicted molar refractivity (Wildman–Crippen MR) is 49.2 cm³/mol. The third kappa shape index (κ3) is 8.59. The molecule has 74 valence electrons. The lowest BCUT2D eigenvalue weighted by atomic mass is 9.97. The number of amides is 1. The van der Waals surface area contributed by atoms with Crippen molar-refractivity contribution in [1.29, 1.82) is 0 Å². The molecule has 0 radical (unpaired) electrons. The highest BCUT2D eigenvalue weighted by atomic mass is 16.4. The summed E-state index contributed by atoms with van der Waals surface area (Å²) in [4.78, 5) is 21.0. The van der Waals surface area contributed by atoms with Crippen LogP contribution in [-0.4, -0.2) is 23.5 Å². The van der Waals surface area contributed by atoms with Crippen LogP contribution in [0.4, 0.5) is 0 Å².